The average Bonchev–Trinajstić information content (AvgIpc) is 2.75. The van der Waals surface area contributed by atoms with Crippen LogP contribution in [0.25, 0.3) is 0 Å². The first-order chi connectivity index (χ1) is 15.3. The van der Waals surface area contributed by atoms with Gasteiger partial charge in [-0.25, -0.2) is 5.43 Å². The highest BCUT2D eigenvalue weighted by molar-refractivity contribution is 6.36. The molecule has 0 atom stereocenters. The van der Waals surface area contributed by atoms with E-state index in [2.05, 4.69) is 15.8 Å². The summed E-state index contributed by atoms with van der Waals surface area (Å²) < 4.78 is 5.57. The molecule has 0 heterocycles. The fourth-order valence-corrected chi connectivity index (χ4v) is 3.24. The second-order valence-corrected chi connectivity index (χ2v) is 7.88. The van der Waals surface area contributed by atoms with Crippen LogP contribution in [0.3, 0.4) is 0 Å². The molecule has 3 rings (SSSR count). The second-order valence-electron chi connectivity index (χ2n) is 7.03. The SMILES string of the molecule is Cc1ccc(NC(=O)COc2cccc(/C=N\NC(=O)c3ccc(Cl)cc3Cl)c2)cc1C. The van der Waals surface area contributed by atoms with Crippen LogP contribution in [0.5, 0.6) is 5.75 Å². The maximum Gasteiger partial charge on any atom is 0.272 e. The number of benzene rings is 3. The van der Waals surface area contributed by atoms with E-state index < -0.39 is 5.91 Å². The molecule has 6 nitrogen and oxygen atoms in total. The minimum Gasteiger partial charge on any atom is -0.484 e. The summed E-state index contributed by atoms with van der Waals surface area (Å²) in [6.07, 6.45) is 1.46. The maximum atomic E-state index is 12.2. The van der Waals surface area contributed by atoms with Gasteiger partial charge in [-0.1, -0.05) is 41.4 Å². The van der Waals surface area contributed by atoms with E-state index in [1.807, 2.05) is 32.0 Å². The molecule has 8 heteroatoms. The molecule has 0 radical (unpaired) electrons. The fourth-order valence-electron chi connectivity index (χ4n) is 2.75. The van der Waals surface area contributed by atoms with Crippen LogP contribution in [0.15, 0.2) is 65.8 Å². The van der Waals surface area contributed by atoms with Crippen molar-refractivity contribution in [2.24, 2.45) is 5.10 Å². The van der Waals surface area contributed by atoms with Gasteiger partial charge in [0, 0.05) is 10.7 Å². The van der Waals surface area contributed by atoms with Crippen LogP contribution < -0.4 is 15.5 Å². The average molecular weight is 470 g/mol. The number of aryl methyl sites for hydroxylation is 2. The molecular weight excluding hydrogens is 449 g/mol. The first-order valence-electron chi connectivity index (χ1n) is 9.70. The second kappa shape index (κ2) is 10.8. The van der Waals surface area contributed by atoms with Crippen molar-refractivity contribution < 1.29 is 14.3 Å². The third-order valence-corrected chi connectivity index (χ3v) is 5.12. The number of anilines is 1. The van der Waals surface area contributed by atoms with Gasteiger partial charge in [-0.3, -0.25) is 9.59 Å². The lowest BCUT2D eigenvalue weighted by Gasteiger charge is -2.09. The minimum absolute atomic E-state index is 0.140. The molecule has 0 unspecified atom stereocenters. The molecule has 0 aliphatic heterocycles. The number of carbonyl (C=O) groups is 2. The number of carbonyl (C=O) groups excluding carboxylic acids is 2. The number of hydrogen-bond acceptors (Lipinski definition) is 4. The van der Waals surface area contributed by atoms with Gasteiger partial charge in [0.15, 0.2) is 6.61 Å². The lowest BCUT2D eigenvalue weighted by molar-refractivity contribution is -0.118. The van der Waals surface area contributed by atoms with E-state index in [1.54, 1.807) is 30.3 Å². The Morgan fingerprint density at radius 2 is 1.81 bits per heavy atom. The number of hydrazone groups is 1. The molecule has 0 aliphatic carbocycles. The van der Waals surface area contributed by atoms with E-state index >= 15 is 0 Å². The Morgan fingerprint density at radius 3 is 2.56 bits per heavy atom. The van der Waals surface area contributed by atoms with Crippen molar-refractivity contribution in [3.63, 3.8) is 0 Å². The van der Waals surface area contributed by atoms with Gasteiger partial charge < -0.3 is 10.1 Å². The summed E-state index contributed by atoms with van der Waals surface area (Å²) in [5.41, 5.74) is 6.33. The molecule has 2 N–H and O–H groups in total. The molecule has 2 amide bonds. The van der Waals surface area contributed by atoms with Gasteiger partial charge in [0.05, 0.1) is 16.8 Å². The van der Waals surface area contributed by atoms with Crippen molar-refractivity contribution >= 4 is 46.9 Å². The van der Waals surface area contributed by atoms with E-state index in [4.69, 9.17) is 27.9 Å². The lowest BCUT2D eigenvalue weighted by atomic mass is 10.1. The molecule has 3 aromatic carbocycles. The molecule has 0 aromatic heterocycles. The Morgan fingerprint density at radius 1 is 1.00 bits per heavy atom. The van der Waals surface area contributed by atoms with E-state index in [0.717, 1.165) is 16.8 Å². The van der Waals surface area contributed by atoms with Crippen molar-refractivity contribution in [3.8, 4) is 5.75 Å². The summed E-state index contributed by atoms with van der Waals surface area (Å²) in [4.78, 5) is 24.3. The molecular formula is C24H21Cl2N3O3. The predicted molar refractivity (Wildman–Crippen MR) is 128 cm³/mol. The van der Waals surface area contributed by atoms with E-state index in [0.29, 0.717) is 16.3 Å². The summed E-state index contributed by atoms with van der Waals surface area (Å²) in [6, 6.07) is 17.3. The van der Waals surface area contributed by atoms with Crippen LogP contribution in [-0.2, 0) is 4.79 Å². The van der Waals surface area contributed by atoms with Gasteiger partial charge in [-0.15, -0.1) is 0 Å². The monoisotopic (exact) mass is 469 g/mol. The minimum atomic E-state index is -0.460. The summed E-state index contributed by atoms with van der Waals surface area (Å²) in [5, 5.41) is 7.42. The third-order valence-electron chi connectivity index (χ3n) is 4.57. The van der Waals surface area contributed by atoms with Gasteiger partial charge in [-0.05, 0) is 73.0 Å². The standard InChI is InChI=1S/C24H21Cl2N3O3/c1-15-6-8-19(10-16(15)2)28-23(30)14-32-20-5-3-4-17(11-20)13-27-29-24(31)21-9-7-18(25)12-22(21)26/h3-13H,14H2,1-2H3,(H,28,30)(H,29,31)/b27-13-. The third kappa shape index (κ3) is 6.57. The molecule has 0 spiro atoms. The number of halogens is 2. The van der Waals surface area contributed by atoms with Gasteiger partial charge in [0.1, 0.15) is 5.75 Å². The van der Waals surface area contributed by atoms with Gasteiger partial charge in [0.25, 0.3) is 11.8 Å². The van der Waals surface area contributed by atoms with Crippen LogP contribution in [0, 0.1) is 13.8 Å². The van der Waals surface area contributed by atoms with Crippen LogP contribution in [0.4, 0.5) is 5.69 Å². The molecule has 0 fully saturated rings. The Kier molecular flexibility index (Phi) is 7.87. The van der Waals surface area contributed by atoms with Crippen molar-refractivity contribution in [2.45, 2.75) is 13.8 Å². The highest BCUT2D eigenvalue weighted by Crippen LogP contribution is 2.21. The Labute approximate surface area is 196 Å². The van der Waals surface area contributed by atoms with Crippen molar-refractivity contribution in [2.75, 3.05) is 11.9 Å². The molecule has 0 bridgehead atoms. The van der Waals surface area contributed by atoms with Crippen LogP contribution >= 0.6 is 23.2 Å². The smallest absolute Gasteiger partial charge is 0.272 e. The predicted octanol–water partition coefficient (Wildman–Crippen LogP) is 5.39. The molecule has 0 saturated carbocycles. The largest absolute Gasteiger partial charge is 0.484 e. The van der Waals surface area contributed by atoms with E-state index in [1.165, 1.54) is 18.3 Å². The fraction of sp³-hybridized carbons (Fsp3) is 0.125. The van der Waals surface area contributed by atoms with Crippen molar-refractivity contribution in [3.05, 3.63) is 93.0 Å². The number of ether oxygens (including phenoxy) is 1. The van der Waals surface area contributed by atoms with E-state index in [9.17, 15) is 9.59 Å². The quantitative estimate of drug-likeness (QED) is 0.359. The van der Waals surface area contributed by atoms with Crippen LogP contribution in [0.1, 0.15) is 27.0 Å². The molecule has 164 valence electrons. The van der Waals surface area contributed by atoms with Gasteiger partial charge in [0.2, 0.25) is 0 Å². The normalized spacial score (nSPS) is 10.8. The van der Waals surface area contributed by atoms with Crippen molar-refractivity contribution in [1.29, 1.82) is 0 Å². The number of amides is 2. The highest BCUT2D eigenvalue weighted by Gasteiger charge is 2.10. The zero-order valence-corrected chi connectivity index (χ0v) is 19.0. The topological polar surface area (TPSA) is 79.8 Å². The molecule has 32 heavy (non-hydrogen) atoms. The Hall–Kier alpha value is -3.35. The maximum absolute atomic E-state index is 12.2. The van der Waals surface area contributed by atoms with Gasteiger partial charge in [-0.2, -0.15) is 5.10 Å². The molecule has 0 aliphatic rings. The number of hydrogen-bond donors (Lipinski definition) is 2. The van der Waals surface area contributed by atoms with Gasteiger partial charge >= 0.3 is 0 Å². The zero-order valence-electron chi connectivity index (χ0n) is 17.5. The number of nitrogens with zero attached hydrogens (tertiary/aromatic N) is 1. The van der Waals surface area contributed by atoms with Crippen LogP contribution in [0.2, 0.25) is 10.0 Å². The number of rotatable bonds is 7. The highest BCUT2D eigenvalue weighted by atomic mass is 35.5. The Balaban J connectivity index is 1.53. The Bertz CT molecular complexity index is 1180. The van der Waals surface area contributed by atoms with Crippen LogP contribution in [-0.4, -0.2) is 24.6 Å². The lowest BCUT2D eigenvalue weighted by Crippen LogP contribution is -2.20. The van der Waals surface area contributed by atoms with Crippen molar-refractivity contribution in [1.82, 2.24) is 5.43 Å². The summed E-state index contributed by atoms with van der Waals surface area (Å²) in [7, 11) is 0. The molecule has 0 saturated heterocycles. The number of nitrogens with one attached hydrogen (secondary N) is 2. The first kappa shape index (κ1) is 23.3. The zero-order chi connectivity index (χ0) is 23.1. The molecule has 3 aromatic rings. The summed E-state index contributed by atoms with van der Waals surface area (Å²) in [6.45, 7) is 3.86. The first-order valence-corrected chi connectivity index (χ1v) is 10.5. The summed E-state index contributed by atoms with van der Waals surface area (Å²) >= 11 is 11.9. The summed E-state index contributed by atoms with van der Waals surface area (Å²) in [5.74, 6) is -0.228. The van der Waals surface area contributed by atoms with E-state index in [-0.39, 0.29) is 23.1 Å².